The number of fused-ring (bicyclic) bond motifs is 2. The minimum absolute atomic E-state index is 0.00690. The van der Waals surface area contributed by atoms with Crippen molar-refractivity contribution in [3.8, 4) is 23.3 Å². The van der Waals surface area contributed by atoms with E-state index in [1.54, 1.807) is 78.7 Å². The first-order chi connectivity index (χ1) is 31.5. The van der Waals surface area contributed by atoms with Crippen LogP contribution in [0.2, 0.25) is 0 Å². The number of non-ortho nitro benzene ring substituents is 2. The van der Waals surface area contributed by atoms with Crippen LogP contribution in [-0.2, 0) is 16.2 Å². The molecule has 65 heavy (non-hydrogen) atoms. The minimum Gasteiger partial charge on any atom is -0.459 e. The third-order valence-electron chi connectivity index (χ3n) is 12.5. The van der Waals surface area contributed by atoms with Crippen LogP contribution in [0, 0.1) is 49.3 Å². The maximum atomic E-state index is 14.6. The number of nitriles is 1. The molecule has 7 rings (SSSR count). The topological polar surface area (TPSA) is 220 Å². The molecule has 4 aromatic carbocycles. The summed E-state index contributed by atoms with van der Waals surface area (Å²) in [7, 11) is 1.68. The van der Waals surface area contributed by atoms with Gasteiger partial charge < -0.3 is 34.2 Å². The number of hydrogen-bond donors (Lipinski definition) is 2. The molecule has 2 N–H and O–H groups in total. The van der Waals surface area contributed by atoms with Crippen LogP contribution in [0.5, 0.6) is 17.2 Å². The zero-order chi connectivity index (χ0) is 46.1. The third kappa shape index (κ3) is 9.92. The van der Waals surface area contributed by atoms with E-state index >= 15 is 0 Å². The summed E-state index contributed by atoms with van der Waals surface area (Å²) in [5.74, 6) is -1.89. The van der Waals surface area contributed by atoms with Crippen LogP contribution in [0.1, 0.15) is 77.9 Å². The molecule has 0 unspecified atom stereocenters. The number of nitrogens with zero attached hydrogens (tertiary/aromatic N) is 5. The fourth-order valence-electron chi connectivity index (χ4n) is 9.52. The third-order valence-corrected chi connectivity index (χ3v) is 12.5. The van der Waals surface area contributed by atoms with E-state index in [2.05, 4.69) is 18.7 Å². The Bertz CT molecular complexity index is 2490. The lowest BCUT2D eigenvalue weighted by atomic mass is 9.55. The highest BCUT2D eigenvalue weighted by Gasteiger charge is 2.65. The van der Waals surface area contributed by atoms with Crippen molar-refractivity contribution < 1.29 is 43.9 Å². The first kappa shape index (κ1) is 46.1. The highest BCUT2D eigenvalue weighted by atomic mass is 16.7. The van der Waals surface area contributed by atoms with Gasteiger partial charge in [-0.1, -0.05) is 36.2 Å². The summed E-state index contributed by atoms with van der Waals surface area (Å²) in [6, 6.07) is 24.9. The van der Waals surface area contributed by atoms with E-state index in [0.29, 0.717) is 59.6 Å². The van der Waals surface area contributed by atoms with Gasteiger partial charge in [0, 0.05) is 61.9 Å². The molecule has 1 aliphatic heterocycles. The average Bonchev–Trinajstić information content (AvgIpc) is 3.32. The van der Waals surface area contributed by atoms with E-state index < -0.39 is 27.6 Å². The maximum Gasteiger partial charge on any atom is 0.273 e. The Balaban J connectivity index is 1.41. The highest BCUT2D eigenvalue weighted by Crippen LogP contribution is 2.62. The number of nitro benzene ring substituents is 2. The normalized spacial score (nSPS) is 22.3. The summed E-state index contributed by atoms with van der Waals surface area (Å²) in [4.78, 5) is 44.3. The Hall–Kier alpha value is -6.93. The molecular weight excluding hydrogens is 835 g/mol. The lowest BCUT2D eigenvalue weighted by Gasteiger charge is -2.59. The van der Waals surface area contributed by atoms with Gasteiger partial charge in [0.2, 0.25) is 5.79 Å². The largest absolute Gasteiger partial charge is 0.459 e. The van der Waals surface area contributed by atoms with Crippen LogP contribution in [0.3, 0.4) is 0 Å². The van der Waals surface area contributed by atoms with Crippen molar-refractivity contribution in [1.29, 1.82) is 5.26 Å². The fourth-order valence-corrected chi connectivity index (χ4v) is 9.52. The summed E-state index contributed by atoms with van der Waals surface area (Å²) >= 11 is 0. The molecular formula is C49H51N5O11. The standard InChI is InChI=1S/C49H51N5O11/c1-3-25-62-49-45(52(2)48(57)34-17-13-32(30-50)14-18-34)29-43(51-63-31-33-15-19-36(20-16-33)53(58)59)41-26-35(9-4-6-23-55)40(12-5-7-24-56)46(47(41)49)42-28-39(21-22-44(42)65-49)64-38-11-8-10-37(27-38)54(60)61/h3,8,10-11,13-22,26-28,35,40,45-47,55-56H,1,4-7,9,12,23-25,29,31H2,2H3/t35-,40+,45-,46+,47+,49+/m0/s1. The van der Waals surface area contributed by atoms with Crippen LogP contribution < -0.4 is 9.47 Å². The number of rotatable bonds is 20. The molecule has 338 valence electrons. The van der Waals surface area contributed by atoms with Gasteiger partial charge in [-0.15, -0.1) is 6.58 Å². The number of unbranched alkanes of at least 4 members (excludes halogenated alkanes) is 2. The van der Waals surface area contributed by atoms with Crippen molar-refractivity contribution in [1.82, 2.24) is 4.90 Å². The smallest absolute Gasteiger partial charge is 0.273 e. The van der Waals surface area contributed by atoms with Gasteiger partial charge in [-0.25, -0.2) is 0 Å². The number of nitro groups is 2. The lowest BCUT2D eigenvalue weighted by Crippen LogP contribution is -2.69. The van der Waals surface area contributed by atoms with E-state index in [4.69, 9.17) is 24.2 Å². The van der Waals surface area contributed by atoms with Crippen LogP contribution >= 0.6 is 0 Å². The first-order valence-corrected chi connectivity index (χ1v) is 21.6. The summed E-state index contributed by atoms with van der Waals surface area (Å²) in [5, 5.41) is 57.1. The van der Waals surface area contributed by atoms with Crippen LogP contribution in [-0.4, -0.2) is 75.3 Å². The number of likely N-dealkylation sites (N-methyl/N-ethyl adjacent to an activating group) is 1. The van der Waals surface area contributed by atoms with Crippen LogP contribution in [0.15, 0.2) is 120 Å². The van der Waals surface area contributed by atoms with Gasteiger partial charge in [0.05, 0.1) is 45.8 Å². The van der Waals surface area contributed by atoms with Gasteiger partial charge in [0.15, 0.2) is 0 Å². The average molecular weight is 886 g/mol. The molecule has 4 aromatic rings. The number of oxime groups is 1. The number of carbonyl (C=O) groups is 1. The molecule has 6 atom stereocenters. The van der Waals surface area contributed by atoms with E-state index in [9.17, 15) is 40.5 Å². The van der Waals surface area contributed by atoms with Crippen molar-refractivity contribution >= 4 is 23.0 Å². The van der Waals surface area contributed by atoms with Crippen molar-refractivity contribution in [2.24, 2.45) is 22.9 Å². The van der Waals surface area contributed by atoms with E-state index in [1.165, 1.54) is 24.3 Å². The van der Waals surface area contributed by atoms with Crippen molar-refractivity contribution in [2.45, 2.75) is 69.3 Å². The molecule has 0 radical (unpaired) electrons. The van der Waals surface area contributed by atoms with Gasteiger partial charge >= 0.3 is 0 Å². The van der Waals surface area contributed by atoms with Crippen molar-refractivity contribution in [3.63, 3.8) is 0 Å². The maximum absolute atomic E-state index is 14.6. The monoisotopic (exact) mass is 885 g/mol. The predicted molar refractivity (Wildman–Crippen MR) is 239 cm³/mol. The predicted octanol–water partition coefficient (Wildman–Crippen LogP) is 8.77. The van der Waals surface area contributed by atoms with E-state index in [1.807, 2.05) is 6.07 Å². The lowest BCUT2D eigenvalue weighted by molar-refractivity contribution is -0.385. The number of amides is 1. The molecule has 0 saturated heterocycles. The molecule has 0 spiro atoms. The minimum atomic E-state index is -1.54. The number of aliphatic hydroxyl groups excluding tert-OH is 2. The zero-order valence-electron chi connectivity index (χ0n) is 36.0. The Labute approximate surface area is 376 Å². The second-order valence-electron chi connectivity index (χ2n) is 16.4. The molecule has 0 aromatic heterocycles. The Kier molecular flexibility index (Phi) is 14.7. The van der Waals surface area contributed by atoms with Gasteiger partial charge in [-0.05, 0) is 109 Å². The second kappa shape index (κ2) is 20.7. The van der Waals surface area contributed by atoms with Gasteiger partial charge in [0.25, 0.3) is 17.3 Å². The summed E-state index contributed by atoms with van der Waals surface area (Å²) in [6.07, 6.45) is 7.94. The number of hydrogen-bond acceptors (Lipinski definition) is 13. The first-order valence-electron chi connectivity index (χ1n) is 21.6. The molecule has 1 fully saturated rings. The summed E-state index contributed by atoms with van der Waals surface area (Å²) in [6.45, 7) is 4.05. The van der Waals surface area contributed by atoms with Gasteiger partial charge in [-0.2, -0.15) is 5.26 Å². The van der Waals surface area contributed by atoms with Gasteiger partial charge in [0.1, 0.15) is 29.9 Å². The van der Waals surface area contributed by atoms with Crippen LogP contribution in [0.25, 0.3) is 0 Å². The molecule has 16 nitrogen and oxygen atoms in total. The van der Waals surface area contributed by atoms with Gasteiger partial charge in [-0.3, -0.25) is 25.0 Å². The number of ether oxygens (including phenoxy) is 3. The Morgan fingerprint density at radius 2 is 1.66 bits per heavy atom. The quantitative estimate of drug-likeness (QED) is 0.0368. The molecule has 16 heteroatoms. The molecule has 1 saturated carbocycles. The van der Waals surface area contributed by atoms with Crippen molar-refractivity contribution in [3.05, 3.63) is 158 Å². The number of carbonyl (C=O) groups excluding carboxylic acids is 1. The molecule has 2 aliphatic carbocycles. The summed E-state index contributed by atoms with van der Waals surface area (Å²) in [5.41, 5.74) is 3.32. The Morgan fingerprint density at radius 3 is 2.34 bits per heavy atom. The molecule has 3 aliphatic rings. The van der Waals surface area contributed by atoms with E-state index in [0.717, 1.165) is 24.0 Å². The number of allylic oxidation sites excluding steroid dienone is 1. The van der Waals surface area contributed by atoms with E-state index in [-0.39, 0.29) is 73.6 Å². The zero-order valence-corrected chi connectivity index (χ0v) is 36.0. The molecule has 0 bridgehead atoms. The van der Waals surface area contributed by atoms with Crippen LogP contribution in [0.4, 0.5) is 11.4 Å². The molecule has 1 heterocycles. The SMILES string of the molecule is C=CCO[C@@]12Oc3ccc(Oc4cccc([N+](=O)[O-])c4)cc3[C@H]3[C@H](CCCCO)[C@@H](CCCCO)C=C(C(=NOCc4ccc([N+](=O)[O-])cc4)C[C@@H]1N(C)C(=O)c1ccc(C#N)cc1)[C@H]32. The number of benzene rings is 4. The molecule has 1 amide bonds. The Morgan fingerprint density at radius 1 is 0.954 bits per heavy atom. The number of aliphatic hydroxyl groups is 2. The highest BCUT2D eigenvalue weighted by molar-refractivity contribution is 6.03. The fraction of sp³-hybridized carbons (Fsp3) is 0.367. The summed E-state index contributed by atoms with van der Waals surface area (Å²) < 4.78 is 20.5. The van der Waals surface area contributed by atoms with Crippen molar-refractivity contribution in [2.75, 3.05) is 26.9 Å². The second-order valence-corrected chi connectivity index (χ2v) is 16.4.